The van der Waals surface area contributed by atoms with Crippen LogP contribution in [0.5, 0.6) is 5.75 Å². The number of thioether (sulfide) groups is 1. The smallest absolute Gasteiger partial charge is 0.290 e. The number of furan rings is 1. The Morgan fingerprint density at radius 1 is 1.00 bits per heavy atom. The van der Waals surface area contributed by atoms with Gasteiger partial charge in [0, 0.05) is 7.11 Å². The van der Waals surface area contributed by atoms with Gasteiger partial charge in [0.2, 0.25) is 0 Å². The van der Waals surface area contributed by atoms with E-state index in [4.69, 9.17) is 13.9 Å². The molecule has 1 amide bonds. The topological polar surface area (TPSA) is 77.8 Å². The molecule has 1 N–H and O–H groups in total. The minimum Gasteiger partial charge on any atom is -0.468 e. The first kappa shape index (κ1) is 22.7. The lowest BCUT2D eigenvalue weighted by atomic mass is 10.0. The lowest BCUT2D eigenvalue weighted by Crippen LogP contribution is -2.49. The Balaban J connectivity index is 1.64. The standard InChI is InChI=1S/C24H25NO5S/c1-28-24(30-19-11-6-3-7-12-19)23(27)25-21(15-18-9-4-2-5-10-18)22(26)17-31-16-20-13-8-14-29-20/h2-14,21,24H,15-17H2,1H3,(H,25,27)/t21-,24?/m0/s1. The van der Waals surface area contributed by atoms with Crippen LogP contribution in [-0.4, -0.2) is 36.9 Å². The van der Waals surface area contributed by atoms with Crippen molar-refractivity contribution < 1.29 is 23.5 Å². The fourth-order valence-electron chi connectivity index (χ4n) is 2.91. The van der Waals surface area contributed by atoms with Crippen molar-refractivity contribution in [2.24, 2.45) is 0 Å². The molecule has 31 heavy (non-hydrogen) atoms. The van der Waals surface area contributed by atoms with E-state index in [1.54, 1.807) is 30.5 Å². The van der Waals surface area contributed by atoms with Gasteiger partial charge in [0.15, 0.2) is 5.78 Å². The second-order valence-corrected chi connectivity index (χ2v) is 7.77. The van der Waals surface area contributed by atoms with Gasteiger partial charge >= 0.3 is 0 Å². The summed E-state index contributed by atoms with van der Waals surface area (Å²) in [6.07, 6.45) is 0.826. The summed E-state index contributed by atoms with van der Waals surface area (Å²) in [6, 6.07) is 21.5. The number of benzene rings is 2. The van der Waals surface area contributed by atoms with Gasteiger partial charge in [0.25, 0.3) is 12.2 Å². The molecule has 1 aromatic heterocycles. The van der Waals surface area contributed by atoms with E-state index in [1.165, 1.54) is 18.9 Å². The molecule has 0 saturated heterocycles. The molecule has 162 valence electrons. The fourth-order valence-corrected chi connectivity index (χ4v) is 3.78. The number of amides is 1. The minimum atomic E-state index is -1.16. The number of carbonyl (C=O) groups is 2. The van der Waals surface area contributed by atoms with Gasteiger partial charge in [0.1, 0.15) is 11.5 Å². The van der Waals surface area contributed by atoms with Crippen LogP contribution in [0.15, 0.2) is 83.5 Å². The van der Waals surface area contributed by atoms with Crippen LogP contribution in [-0.2, 0) is 26.5 Å². The molecule has 2 atom stereocenters. The maximum Gasteiger partial charge on any atom is 0.290 e. The maximum atomic E-state index is 12.9. The van der Waals surface area contributed by atoms with E-state index in [0.29, 0.717) is 17.9 Å². The first-order valence-electron chi connectivity index (χ1n) is 9.87. The second-order valence-electron chi connectivity index (χ2n) is 6.79. The molecular weight excluding hydrogens is 414 g/mol. The Labute approximate surface area is 185 Å². The van der Waals surface area contributed by atoms with E-state index >= 15 is 0 Å². The molecule has 7 heteroatoms. The Morgan fingerprint density at radius 2 is 1.71 bits per heavy atom. The van der Waals surface area contributed by atoms with Crippen LogP contribution in [0.3, 0.4) is 0 Å². The van der Waals surface area contributed by atoms with Crippen molar-refractivity contribution >= 4 is 23.5 Å². The number of Topliss-reactive ketones (excluding diaryl/α,β-unsaturated/α-hetero) is 1. The molecule has 0 saturated carbocycles. The van der Waals surface area contributed by atoms with Crippen molar-refractivity contribution in [2.45, 2.75) is 24.5 Å². The molecule has 0 fully saturated rings. The SMILES string of the molecule is COC(Oc1ccccc1)C(=O)N[C@@H](Cc1ccccc1)C(=O)CSCc1ccco1. The Kier molecular flexibility index (Phi) is 8.75. The molecule has 2 aromatic carbocycles. The monoisotopic (exact) mass is 439 g/mol. The van der Waals surface area contributed by atoms with Gasteiger partial charge in [-0.05, 0) is 36.2 Å². The highest BCUT2D eigenvalue weighted by Crippen LogP contribution is 2.15. The number of hydrogen-bond acceptors (Lipinski definition) is 6. The van der Waals surface area contributed by atoms with Crippen LogP contribution in [0.4, 0.5) is 0 Å². The lowest BCUT2D eigenvalue weighted by molar-refractivity contribution is -0.149. The summed E-state index contributed by atoms with van der Waals surface area (Å²) in [5, 5.41) is 2.80. The molecular formula is C24H25NO5S. The summed E-state index contributed by atoms with van der Waals surface area (Å²) in [6.45, 7) is 0. The molecule has 0 radical (unpaired) electrons. The summed E-state index contributed by atoms with van der Waals surface area (Å²) in [7, 11) is 1.39. The third-order valence-corrected chi connectivity index (χ3v) is 5.45. The molecule has 6 nitrogen and oxygen atoms in total. The Hall–Kier alpha value is -3.03. The van der Waals surface area contributed by atoms with Crippen LogP contribution in [0, 0.1) is 0 Å². The molecule has 0 bridgehead atoms. The van der Waals surface area contributed by atoms with Crippen molar-refractivity contribution in [1.29, 1.82) is 0 Å². The van der Waals surface area contributed by atoms with Crippen LogP contribution < -0.4 is 10.1 Å². The molecule has 0 aliphatic rings. The van der Waals surface area contributed by atoms with Crippen LogP contribution in [0.1, 0.15) is 11.3 Å². The van der Waals surface area contributed by atoms with Crippen LogP contribution in [0.2, 0.25) is 0 Å². The largest absolute Gasteiger partial charge is 0.468 e. The van der Waals surface area contributed by atoms with E-state index in [0.717, 1.165) is 11.3 Å². The molecule has 0 aliphatic heterocycles. The first-order chi connectivity index (χ1) is 15.2. The number of hydrogen-bond donors (Lipinski definition) is 1. The minimum absolute atomic E-state index is 0.0803. The number of para-hydroxylation sites is 1. The number of rotatable bonds is 12. The number of ether oxygens (including phenoxy) is 2. The number of ketones is 1. The predicted octanol–water partition coefficient (Wildman–Crippen LogP) is 3.86. The van der Waals surface area contributed by atoms with Gasteiger partial charge in [-0.25, -0.2) is 0 Å². The van der Waals surface area contributed by atoms with E-state index in [-0.39, 0.29) is 11.5 Å². The van der Waals surface area contributed by atoms with E-state index in [9.17, 15) is 9.59 Å². The molecule has 0 spiro atoms. The van der Waals surface area contributed by atoms with Crippen molar-refractivity contribution in [3.05, 3.63) is 90.4 Å². The highest BCUT2D eigenvalue weighted by molar-refractivity contribution is 7.99. The highest BCUT2D eigenvalue weighted by atomic mass is 32.2. The third kappa shape index (κ3) is 7.31. The van der Waals surface area contributed by atoms with E-state index in [2.05, 4.69) is 5.32 Å². The fraction of sp³-hybridized carbons (Fsp3) is 0.250. The summed E-state index contributed by atoms with van der Waals surface area (Å²) < 4.78 is 16.1. The first-order valence-corrected chi connectivity index (χ1v) is 11.0. The molecule has 1 unspecified atom stereocenters. The zero-order valence-corrected chi connectivity index (χ0v) is 18.0. The second kappa shape index (κ2) is 12.0. The Morgan fingerprint density at radius 3 is 2.35 bits per heavy atom. The van der Waals surface area contributed by atoms with E-state index in [1.807, 2.05) is 48.5 Å². The maximum absolute atomic E-state index is 12.9. The van der Waals surface area contributed by atoms with E-state index < -0.39 is 18.2 Å². The summed E-state index contributed by atoms with van der Waals surface area (Å²) in [5.74, 6) is 1.56. The summed E-state index contributed by atoms with van der Waals surface area (Å²) in [5.41, 5.74) is 0.954. The van der Waals surface area contributed by atoms with Gasteiger partial charge < -0.3 is 19.2 Å². The molecule has 1 heterocycles. The summed E-state index contributed by atoms with van der Waals surface area (Å²) >= 11 is 1.44. The summed E-state index contributed by atoms with van der Waals surface area (Å²) in [4.78, 5) is 25.7. The van der Waals surface area contributed by atoms with Gasteiger partial charge in [-0.2, -0.15) is 0 Å². The van der Waals surface area contributed by atoms with Crippen molar-refractivity contribution in [2.75, 3.05) is 12.9 Å². The van der Waals surface area contributed by atoms with Gasteiger partial charge in [-0.15, -0.1) is 11.8 Å². The average Bonchev–Trinajstić information content (AvgIpc) is 3.32. The van der Waals surface area contributed by atoms with Crippen LogP contribution in [0.25, 0.3) is 0 Å². The molecule has 0 aliphatic carbocycles. The normalized spacial score (nSPS) is 12.7. The number of carbonyl (C=O) groups excluding carboxylic acids is 2. The van der Waals surface area contributed by atoms with Crippen LogP contribution >= 0.6 is 11.8 Å². The zero-order valence-electron chi connectivity index (χ0n) is 17.2. The number of nitrogens with one attached hydrogen (secondary N) is 1. The van der Waals surface area contributed by atoms with Crippen molar-refractivity contribution in [3.63, 3.8) is 0 Å². The van der Waals surface area contributed by atoms with Crippen molar-refractivity contribution in [1.82, 2.24) is 5.32 Å². The van der Waals surface area contributed by atoms with Gasteiger partial charge in [-0.3, -0.25) is 9.59 Å². The number of methoxy groups -OCH3 is 1. The van der Waals surface area contributed by atoms with Crippen molar-refractivity contribution in [3.8, 4) is 5.75 Å². The molecule has 3 aromatic rings. The predicted molar refractivity (Wildman–Crippen MR) is 120 cm³/mol. The highest BCUT2D eigenvalue weighted by Gasteiger charge is 2.27. The van der Waals surface area contributed by atoms with Gasteiger partial charge in [-0.1, -0.05) is 48.5 Å². The quantitative estimate of drug-likeness (QED) is 0.432. The van der Waals surface area contributed by atoms with Gasteiger partial charge in [0.05, 0.1) is 23.8 Å². The Bertz CT molecular complexity index is 931. The lowest BCUT2D eigenvalue weighted by Gasteiger charge is -2.22. The molecule has 3 rings (SSSR count). The average molecular weight is 440 g/mol. The zero-order chi connectivity index (χ0) is 21.9. The third-order valence-electron chi connectivity index (χ3n) is 4.47.